The summed E-state index contributed by atoms with van der Waals surface area (Å²) in [5.74, 6) is -1.24. The van der Waals surface area contributed by atoms with E-state index in [2.05, 4.69) is 15.7 Å². The molecular weight excluding hydrogens is 404 g/mol. The summed E-state index contributed by atoms with van der Waals surface area (Å²) in [6, 6.07) is 12.2. The number of amides is 1. The van der Waals surface area contributed by atoms with Crippen LogP contribution in [-0.4, -0.2) is 26.8 Å². The molecule has 0 unspecified atom stereocenters. The van der Waals surface area contributed by atoms with Crippen molar-refractivity contribution in [3.05, 3.63) is 87.7 Å². The number of fused-ring (bicyclic) bond motifs is 1. The van der Waals surface area contributed by atoms with Crippen LogP contribution in [0.25, 0.3) is 0 Å². The number of aliphatic carboxylic acids is 1. The lowest BCUT2D eigenvalue weighted by Gasteiger charge is -2.25. The quantitative estimate of drug-likeness (QED) is 0.579. The third-order valence-electron chi connectivity index (χ3n) is 5.10. The van der Waals surface area contributed by atoms with Gasteiger partial charge < -0.3 is 15.7 Å². The summed E-state index contributed by atoms with van der Waals surface area (Å²) in [7, 11) is 0. The molecule has 0 fully saturated rings. The second-order valence-electron chi connectivity index (χ2n) is 7.08. The molecule has 2 aromatic carbocycles. The fourth-order valence-corrected chi connectivity index (χ4v) is 3.59. The zero-order chi connectivity index (χ0) is 21.4. The largest absolute Gasteiger partial charge is 0.477 e. The Bertz CT molecular complexity index is 1200. The van der Waals surface area contributed by atoms with Gasteiger partial charge in [0.25, 0.3) is 5.91 Å². The Morgan fingerprint density at radius 1 is 1.17 bits per heavy atom. The first-order valence-corrected chi connectivity index (χ1v) is 9.65. The molecule has 4 rings (SSSR count). The van der Waals surface area contributed by atoms with E-state index in [0.29, 0.717) is 22.1 Å². The van der Waals surface area contributed by atoms with E-state index in [1.807, 2.05) is 38.1 Å². The van der Waals surface area contributed by atoms with Crippen molar-refractivity contribution in [2.75, 3.05) is 10.6 Å². The second-order valence-corrected chi connectivity index (χ2v) is 7.49. The summed E-state index contributed by atoms with van der Waals surface area (Å²) in [6.45, 7) is 3.96. The lowest BCUT2D eigenvalue weighted by molar-refractivity contribution is -0.132. The van der Waals surface area contributed by atoms with E-state index in [1.165, 1.54) is 12.3 Å². The summed E-state index contributed by atoms with van der Waals surface area (Å²) in [5.41, 5.74) is 3.69. The van der Waals surface area contributed by atoms with Crippen LogP contribution in [0.2, 0.25) is 5.02 Å². The maximum atomic E-state index is 12.9. The van der Waals surface area contributed by atoms with Crippen molar-refractivity contribution in [1.29, 1.82) is 0 Å². The van der Waals surface area contributed by atoms with Gasteiger partial charge in [-0.15, -0.1) is 0 Å². The number of allylic oxidation sites excluding steroid dienone is 1. The SMILES string of the molecule is Cc1ccc(NC(=O)c2cnn3c2NC(C(=O)O)=C[C@H]3c2ccccc2Cl)cc1C. The van der Waals surface area contributed by atoms with Gasteiger partial charge in [0, 0.05) is 10.7 Å². The molecule has 7 nitrogen and oxygen atoms in total. The van der Waals surface area contributed by atoms with Gasteiger partial charge >= 0.3 is 5.97 Å². The Balaban J connectivity index is 1.73. The average molecular weight is 423 g/mol. The van der Waals surface area contributed by atoms with Gasteiger partial charge in [0.15, 0.2) is 0 Å². The minimum Gasteiger partial charge on any atom is -0.477 e. The van der Waals surface area contributed by atoms with Gasteiger partial charge in [0.05, 0.1) is 6.20 Å². The molecule has 2 heterocycles. The van der Waals surface area contributed by atoms with Crippen LogP contribution >= 0.6 is 11.6 Å². The fraction of sp³-hybridized carbons (Fsp3) is 0.136. The molecule has 1 aliphatic heterocycles. The predicted molar refractivity (Wildman–Crippen MR) is 115 cm³/mol. The number of carboxylic acids is 1. The molecule has 1 aromatic heterocycles. The second kappa shape index (κ2) is 7.68. The molecule has 0 spiro atoms. The summed E-state index contributed by atoms with van der Waals surface area (Å²) in [4.78, 5) is 24.6. The predicted octanol–water partition coefficient (Wildman–Crippen LogP) is 4.39. The molecule has 1 amide bonds. The Morgan fingerprint density at radius 2 is 1.93 bits per heavy atom. The van der Waals surface area contributed by atoms with Crippen LogP contribution in [0, 0.1) is 13.8 Å². The highest BCUT2D eigenvalue weighted by Crippen LogP contribution is 2.35. The first-order valence-electron chi connectivity index (χ1n) is 9.28. The number of carbonyl (C=O) groups is 2. The molecule has 0 saturated carbocycles. The van der Waals surface area contributed by atoms with Crippen LogP contribution in [-0.2, 0) is 4.79 Å². The molecule has 152 valence electrons. The number of carboxylic acid groups (broad SMARTS) is 1. The average Bonchev–Trinajstić information content (AvgIpc) is 3.15. The van der Waals surface area contributed by atoms with Crippen LogP contribution in [0.5, 0.6) is 0 Å². The van der Waals surface area contributed by atoms with Crippen molar-refractivity contribution in [3.63, 3.8) is 0 Å². The summed E-state index contributed by atoms with van der Waals surface area (Å²) < 4.78 is 1.56. The Kier molecular flexibility index (Phi) is 5.05. The smallest absolute Gasteiger partial charge is 0.352 e. The number of aryl methyl sites for hydroxylation is 2. The van der Waals surface area contributed by atoms with Crippen LogP contribution < -0.4 is 10.6 Å². The topological polar surface area (TPSA) is 96.3 Å². The van der Waals surface area contributed by atoms with Crippen molar-refractivity contribution in [2.24, 2.45) is 0 Å². The summed E-state index contributed by atoms with van der Waals surface area (Å²) in [6.07, 6.45) is 2.94. The number of carbonyl (C=O) groups excluding carboxylic acids is 1. The zero-order valence-electron chi connectivity index (χ0n) is 16.3. The summed E-state index contributed by atoms with van der Waals surface area (Å²) >= 11 is 6.34. The van der Waals surface area contributed by atoms with Crippen LogP contribution in [0.15, 0.2) is 60.4 Å². The van der Waals surface area contributed by atoms with Gasteiger partial charge in [-0.2, -0.15) is 5.10 Å². The van der Waals surface area contributed by atoms with Gasteiger partial charge in [-0.05, 0) is 54.8 Å². The number of hydrogen-bond donors (Lipinski definition) is 3. The normalized spacial score (nSPS) is 15.0. The van der Waals surface area contributed by atoms with Gasteiger partial charge in [0.2, 0.25) is 0 Å². The number of benzene rings is 2. The Morgan fingerprint density at radius 3 is 2.63 bits per heavy atom. The maximum absolute atomic E-state index is 12.9. The first-order chi connectivity index (χ1) is 14.3. The number of rotatable bonds is 4. The van der Waals surface area contributed by atoms with Gasteiger partial charge in [-0.1, -0.05) is 35.9 Å². The third-order valence-corrected chi connectivity index (χ3v) is 5.44. The van der Waals surface area contributed by atoms with Crippen molar-refractivity contribution < 1.29 is 14.7 Å². The van der Waals surface area contributed by atoms with Crippen LogP contribution in [0.4, 0.5) is 11.5 Å². The van der Waals surface area contributed by atoms with Crippen molar-refractivity contribution in [2.45, 2.75) is 19.9 Å². The van der Waals surface area contributed by atoms with E-state index >= 15 is 0 Å². The van der Waals surface area contributed by atoms with E-state index in [0.717, 1.165) is 11.1 Å². The van der Waals surface area contributed by atoms with E-state index in [-0.39, 0.29) is 11.3 Å². The number of aromatic nitrogens is 2. The van der Waals surface area contributed by atoms with E-state index in [4.69, 9.17) is 11.6 Å². The lowest BCUT2D eigenvalue weighted by atomic mass is 10.0. The highest BCUT2D eigenvalue weighted by Gasteiger charge is 2.30. The molecule has 8 heteroatoms. The van der Waals surface area contributed by atoms with E-state index in [9.17, 15) is 14.7 Å². The van der Waals surface area contributed by atoms with Gasteiger partial charge in [-0.25, -0.2) is 9.48 Å². The molecule has 30 heavy (non-hydrogen) atoms. The Labute approximate surface area is 178 Å². The maximum Gasteiger partial charge on any atom is 0.352 e. The summed E-state index contributed by atoms with van der Waals surface area (Å²) in [5, 5.41) is 20.0. The molecule has 3 aromatic rings. The molecular formula is C22H19ClN4O3. The first kappa shape index (κ1) is 19.7. The molecule has 0 bridgehead atoms. The standard InChI is InChI=1S/C22H19ClN4O3/c1-12-7-8-14(9-13(12)2)25-21(28)16-11-24-27-19(15-5-3-4-6-17(15)23)10-18(22(29)30)26-20(16)27/h3-11,19,26H,1-2H3,(H,25,28)(H,29,30)/t19-/m0/s1. The van der Waals surface area contributed by atoms with E-state index < -0.39 is 17.9 Å². The number of nitrogens with zero attached hydrogens (tertiary/aromatic N) is 2. The van der Waals surface area contributed by atoms with Crippen molar-refractivity contribution >= 4 is 35.0 Å². The molecule has 0 radical (unpaired) electrons. The van der Waals surface area contributed by atoms with Crippen molar-refractivity contribution in [1.82, 2.24) is 9.78 Å². The van der Waals surface area contributed by atoms with Crippen molar-refractivity contribution in [3.8, 4) is 0 Å². The molecule has 0 saturated heterocycles. The number of halogens is 1. The zero-order valence-corrected chi connectivity index (χ0v) is 17.1. The van der Waals surface area contributed by atoms with Crippen LogP contribution in [0.1, 0.15) is 33.1 Å². The number of anilines is 2. The number of nitrogens with one attached hydrogen (secondary N) is 2. The van der Waals surface area contributed by atoms with Gasteiger partial charge in [0.1, 0.15) is 23.1 Å². The molecule has 0 aliphatic carbocycles. The Hall–Kier alpha value is -3.58. The lowest BCUT2D eigenvalue weighted by Crippen LogP contribution is -2.25. The highest BCUT2D eigenvalue weighted by atomic mass is 35.5. The number of hydrogen-bond acceptors (Lipinski definition) is 4. The third kappa shape index (κ3) is 3.55. The monoisotopic (exact) mass is 422 g/mol. The van der Waals surface area contributed by atoms with Crippen LogP contribution in [0.3, 0.4) is 0 Å². The molecule has 1 atom stereocenters. The van der Waals surface area contributed by atoms with E-state index in [1.54, 1.807) is 22.9 Å². The fourth-order valence-electron chi connectivity index (χ4n) is 3.34. The molecule has 1 aliphatic rings. The minimum atomic E-state index is -1.14. The minimum absolute atomic E-state index is 0.0480. The highest BCUT2D eigenvalue weighted by molar-refractivity contribution is 6.31. The molecule has 3 N–H and O–H groups in total. The van der Waals surface area contributed by atoms with Gasteiger partial charge in [-0.3, -0.25) is 4.79 Å².